The number of carbonyl (C=O) groups is 2. The Hall–Kier alpha value is -2.76. The SMILES string of the molecule is O=C(O)[C@@H](c1ccc(F)cc1)N1Cc2cccnc2C1=O. The van der Waals surface area contributed by atoms with Crippen molar-refractivity contribution in [3.63, 3.8) is 0 Å². The molecule has 0 radical (unpaired) electrons. The number of amides is 1. The summed E-state index contributed by atoms with van der Waals surface area (Å²) in [6.45, 7) is 0.177. The van der Waals surface area contributed by atoms with Crippen LogP contribution in [-0.2, 0) is 11.3 Å². The highest BCUT2D eigenvalue weighted by Gasteiger charge is 2.38. The van der Waals surface area contributed by atoms with Crippen LogP contribution in [0.3, 0.4) is 0 Å². The lowest BCUT2D eigenvalue weighted by Crippen LogP contribution is -2.34. The number of carbonyl (C=O) groups excluding carboxylic acids is 1. The van der Waals surface area contributed by atoms with Gasteiger partial charge in [-0.3, -0.25) is 9.78 Å². The van der Waals surface area contributed by atoms with E-state index >= 15 is 0 Å². The Morgan fingerprint density at radius 2 is 2.00 bits per heavy atom. The first-order valence-electron chi connectivity index (χ1n) is 6.31. The predicted molar refractivity (Wildman–Crippen MR) is 70.9 cm³/mol. The van der Waals surface area contributed by atoms with Crippen LogP contribution in [0, 0.1) is 5.82 Å². The molecule has 3 rings (SSSR count). The molecule has 1 atom stereocenters. The van der Waals surface area contributed by atoms with Crippen LogP contribution in [0.15, 0.2) is 42.6 Å². The summed E-state index contributed by atoms with van der Waals surface area (Å²) < 4.78 is 13.0. The summed E-state index contributed by atoms with van der Waals surface area (Å²) in [6.07, 6.45) is 1.49. The van der Waals surface area contributed by atoms with Gasteiger partial charge in [-0.2, -0.15) is 0 Å². The zero-order chi connectivity index (χ0) is 15.0. The summed E-state index contributed by atoms with van der Waals surface area (Å²) in [5, 5.41) is 9.45. The minimum Gasteiger partial charge on any atom is -0.479 e. The fraction of sp³-hybridized carbons (Fsp3) is 0.133. The van der Waals surface area contributed by atoms with Crippen LogP contribution in [0.1, 0.15) is 27.7 Å². The molecule has 1 aromatic heterocycles. The molecule has 5 nitrogen and oxygen atoms in total. The number of nitrogens with zero attached hydrogens (tertiary/aromatic N) is 2. The molecule has 1 aromatic carbocycles. The third-order valence-corrected chi connectivity index (χ3v) is 3.43. The van der Waals surface area contributed by atoms with Gasteiger partial charge in [0.2, 0.25) is 0 Å². The standard InChI is InChI=1S/C15H11FN2O3/c16-11-5-3-9(4-6-11)13(15(20)21)18-8-10-2-1-7-17-12(10)14(18)19/h1-7,13H,8H2,(H,20,21)/t13-/m1/s1. The Bertz CT molecular complexity index is 715. The maximum atomic E-state index is 13.0. The van der Waals surface area contributed by atoms with E-state index in [9.17, 15) is 19.1 Å². The van der Waals surface area contributed by atoms with Gasteiger partial charge in [-0.1, -0.05) is 18.2 Å². The van der Waals surface area contributed by atoms with Crippen molar-refractivity contribution in [2.24, 2.45) is 0 Å². The highest BCUT2D eigenvalue weighted by atomic mass is 19.1. The predicted octanol–water partition coefficient (Wildman–Crippen LogP) is 2.00. The van der Waals surface area contributed by atoms with E-state index < -0.39 is 23.7 Å². The van der Waals surface area contributed by atoms with Crippen LogP contribution in [0.4, 0.5) is 4.39 Å². The third kappa shape index (κ3) is 2.24. The highest BCUT2D eigenvalue weighted by molar-refractivity contribution is 5.98. The van der Waals surface area contributed by atoms with Crippen molar-refractivity contribution in [3.8, 4) is 0 Å². The number of aliphatic carboxylic acids is 1. The zero-order valence-electron chi connectivity index (χ0n) is 10.9. The van der Waals surface area contributed by atoms with Crippen molar-refractivity contribution in [3.05, 3.63) is 65.2 Å². The number of hydrogen-bond acceptors (Lipinski definition) is 3. The number of halogens is 1. The lowest BCUT2D eigenvalue weighted by atomic mass is 10.1. The fourth-order valence-electron chi connectivity index (χ4n) is 2.46. The van der Waals surface area contributed by atoms with Gasteiger partial charge >= 0.3 is 5.97 Å². The second-order valence-corrected chi connectivity index (χ2v) is 4.74. The Morgan fingerprint density at radius 3 is 2.62 bits per heavy atom. The summed E-state index contributed by atoms with van der Waals surface area (Å²) in [5.41, 5.74) is 1.31. The number of fused-ring (bicyclic) bond motifs is 1. The Balaban J connectivity index is 1.99. The number of pyridine rings is 1. The van der Waals surface area contributed by atoms with Crippen LogP contribution in [-0.4, -0.2) is 26.9 Å². The van der Waals surface area contributed by atoms with Gasteiger partial charge in [-0.05, 0) is 23.8 Å². The summed E-state index contributed by atoms with van der Waals surface area (Å²) >= 11 is 0. The van der Waals surface area contributed by atoms with Gasteiger partial charge in [0.1, 0.15) is 11.5 Å². The van der Waals surface area contributed by atoms with E-state index in [0.29, 0.717) is 11.1 Å². The third-order valence-electron chi connectivity index (χ3n) is 3.43. The van der Waals surface area contributed by atoms with Gasteiger partial charge in [-0.15, -0.1) is 0 Å². The number of rotatable bonds is 3. The first-order chi connectivity index (χ1) is 10.1. The number of carboxylic acid groups (broad SMARTS) is 1. The molecule has 0 spiro atoms. The molecular formula is C15H11FN2O3. The highest BCUT2D eigenvalue weighted by Crippen LogP contribution is 2.30. The van der Waals surface area contributed by atoms with E-state index in [0.717, 1.165) is 0 Å². The van der Waals surface area contributed by atoms with Gasteiger partial charge < -0.3 is 10.0 Å². The van der Waals surface area contributed by atoms with E-state index in [-0.39, 0.29) is 12.2 Å². The number of aromatic nitrogens is 1. The molecule has 1 aliphatic heterocycles. The van der Waals surface area contributed by atoms with Gasteiger partial charge in [-0.25, -0.2) is 9.18 Å². The van der Waals surface area contributed by atoms with E-state index in [2.05, 4.69) is 4.98 Å². The summed E-state index contributed by atoms with van der Waals surface area (Å²) in [7, 11) is 0. The first kappa shape index (κ1) is 13.2. The molecule has 1 amide bonds. The average molecular weight is 286 g/mol. The summed E-state index contributed by atoms with van der Waals surface area (Å²) in [4.78, 5) is 29.1. The number of carboxylic acids is 1. The minimum absolute atomic E-state index is 0.177. The second-order valence-electron chi connectivity index (χ2n) is 4.74. The molecule has 1 aliphatic rings. The second kappa shape index (κ2) is 4.97. The Labute approximate surface area is 119 Å². The fourth-order valence-corrected chi connectivity index (χ4v) is 2.46. The lowest BCUT2D eigenvalue weighted by molar-refractivity contribution is -0.142. The monoisotopic (exact) mass is 286 g/mol. The Morgan fingerprint density at radius 1 is 1.29 bits per heavy atom. The molecule has 21 heavy (non-hydrogen) atoms. The van der Waals surface area contributed by atoms with Crippen molar-refractivity contribution in [2.45, 2.75) is 12.6 Å². The summed E-state index contributed by atoms with van der Waals surface area (Å²) in [5.74, 6) is -2.05. The van der Waals surface area contributed by atoms with Crippen molar-refractivity contribution in [2.75, 3.05) is 0 Å². The van der Waals surface area contributed by atoms with Gasteiger partial charge in [0, 0.05) is 18.3 Å². The molecule has 0 bridgehead atoms. The van der Waals surface area contributed by atoms with Crippen molar-refractivity contribution in [1.29, 1.82) is 0 Å². The van der Waals surface area contributed by atoms with Crippen molar-refractivity contribution < 1.29 is 19.1 Å². The van der Waals surface area contributed by atoms with Gasteiger partial charge in [0.05, 0.1) is 0 Å². The summed E-state index contributed by atoms with van der Waals surface area (Å²) in [6, 6.07) is 7.38. The first-order valence-corrected chi connectivity index (χ1v) is 6.31. The molecule has 0 saturated heterocycles. The van der Waals surface area contributed by atoms with E-state index in [1.807, 2.05) is 0 Å². The molecule has 0 saturated carbocycles. The van der Waals surface area contributed by atoms with E-state index in [4.69, 9.17) is 0 Å². The Kier molecular flexibility index (Phi) is 3.13. The van der Waals surface area contributed by atoms with Crippen LogP contribution in [0.25, 0.3) is 0 Å². The molecule has 1 N–H and O–H groups in total. The van der Waals surface area contributed by atoms with Crippen LogP contribution in [0.2, 0.25) is 0 Å². The van der Waals surface area contributed by atoms with Crippen molar-refractivity contribution in [1.82, 2.24) is 9.88 Å². The smallest absolute Gasteiger partial charge is 0.331 e. The zero-order valence-corrected chi connectivity index (χ0v) is 10.9. The molecule has 2 aromatic rings. The topological polar surface area (TPSA) is 70.5 Å². The molecule has 2 heterocycles. The quantitative estimate of drug-likeness (QED) is 0.937. The van der Waals surface area contributed by atoms with Crippen LogP contribution >= 0.6 is 0 Å². The molecular weight excluding hydrogens is 275 g/mol. The minimum atomic E-state index is -1.16. The van der Waals surface area contributed by atoms with Gasteiger partial charge in [0.15, 0.2) is 6.04 Å². The largest absolute Gasteiger partial charge is 0.479 e. The molecule has 0 unspecified atom stereocenters. The normalized spacial score (nSPS) is 14.9. The maximum absolute atomic E-state index is 13.0. The lowest BCUT2D eigenvalue weighted by Gasteiger charge is -2.24. The molecule has 0 aliphatic carbocycles. The van der Waals surface area contributed by atoms with E-state index in [1.54, 1.807) is 12.1 Å². The molecule has 0 fully saturated rings. The van der Waals surface area contributed by atoms with Crippen molar-refractivity contribution >= 4 is 11.9 Å². The van der Waals surface area contributed by atoms with E-state index in [1.165, 1.54) is 35.4 Å². The molecule has 6 heteroatoms. The average Bonchev–Trinajstić information content (AvgIpc) is 2.79. The number of hydrogen-bond donors (Lipinski definition) is 1. The van der Waals surface area contributed by atoms with Crippen LogP contribution < -0.4 is 0 Å². The molecule has 106 valence electrons. The van der Waals surface area contributed by atoms with Gasteiger partial charge in [0.25, 0.3) is 5.91 Å². The van der Waals surface area contributed by atoms with Crippen LogP contribution in [0.5, 0.6) is 0 Å². The maximum Gasteiger partial charge on any atom is 0.331 e. The number of benzene rings is 1.